The molecule has 1 aromatic carbocycles. The predicted octanol–water partition coefficient (Wildman–Crippen LogP) is 2.78. The van der Waals surface area contributed by atoms with Crippen LogP contribution in [-0.2, 0) is 20.7 Å². The number of likely N-dealkylation sites (N-methyl/N-ethyl adjacent to an activating group) is 1. The number of esters is 1. The highest BCUT2D eigenvalue weighted by Gasteiger charge is 2.31. The molecule has 0 aromatic heterocycles. The van der Waals surface area contributed by atoms with Crippen LogP contribution in [-0.4, -0.2) is 55.3 Å². The van der Waals surface area contributed by atoms with Crippen LogP contribution >= 0.6 is 0 Å². The largest absolute Gasteiger partial charge is 0.467 e. The molecule has 0 heterocycles. The lowest BCUT2D eigenvalue weighted by Gasteiger charge is -2.29. The van der Waals surface area contributed by atoms with Crippen LogP contribution in [0.4, 0.5) is 15.3 Å². The SMILES string of the molecule is CCNC(=O)Nc1cccc(C[C@H](C(=O)OC)N(C)C(=O)OC(C)(C)C)c1. The van der Waals surface area contributed by atoms with Gasteiger partial charge in [0.15, 0.2) is 0 Å². The Morgan fingerprint density at radius 2 is 1.89 bits per heavy atom. The number of amides is 3. The summed E-state index contributed by atoms with van der Waals surface area (Å²) in [5.74, 6) is -0.551. The van der Waals surface area contributed by atoms with E-state index in [9.17, 15) is 14.4 Å². The molecule has 0 saturated heterocycles. The van der Waals surface area contributed by atoms with E-state index in [4.69, 9.17) is 9.47 Å². The average Bonchev–Trinajstić information content (AvgIpc) is 2.57. The van der Waals surface area contributed by atoms with Crippen LogP contribution in [0.25, 0.3) is 0 Å². The first kappa shape index (κ1) is 22.3. The third kappa shape index (κ3) is 7.55. The number of carbonyl (C=O) groups excluding carboxylic acids is 3. The Labute approximate surface area is 160 Å². The Morgan fingerprint density at radius 3 is 2.44 bits per heavy atom. The van der Waals surface area contributed by atoms with E-state index in [0.29, 0.717) is 12.2 Å². The molecule has 1 aromatic rings. The molecule has 150 valence electrons. The summed E-state index contributed by atoms with van der Waals surface area (Å²) in [5.41, 5.74) is 0.666. The van der Waals surface area contributed by atoms with Gasteiger partial charge in [-0.2, -0.15) is 0 Å². The van der Waals surface area contributed by atoms with Crippen molar-refractivity contribution in [3.63, 3.8) is 0 Å². The van der Waals surface area contributed by atoms with Crippen molar-refractivity contribution in [2.75, 3.05) is 26.0 Å². The number of ether oxygens (including phenoxy) is 2. The van der Waals surface area contributed by atoms with Crippen LogP contribution in [0.2, 0.25) is 0 Å². The molecule has 0 aliphatic heterocycles. The minimum Gasteiger partial charge on any atom is -0.467 e. The average molecular weight is 379 g/mol. The van der Waals surface area contributed by atoms with Gasteiger partial charge in [-0.3, -0.25) is 4.90 Å². The Kier molecular flexibility index (Phi) is 8.08. The second-order valence-electron chi connectivity index (χ2n) is 7.02. The standard InChI is InChI=1S/C19H29N3O5/c1-7-20-17(24)21-14-10-8-9-13(11-14)12-15(16(23)26-6)22(5)18(25)27-19(2,3)4/h8-11,15H,7,12H2,1-6H3,(H2,20,21,24)/t15-/m1/s1. The molecule has 8 nitrogen and oxygen atoms in total. The van der Waals surface area contributed by atoms with E-state index in [1.54, 1.807) is 39.0 Å². The van der Waals surface area contributed by atoms with E-state index in [2.05, 4.69) is 10.6 Å². The summed E-state index contributed by atoms with van der Waals surface area (Å²) >= 11 is 0. The van der Waals surface area contributed by atoms with Crippen molar-refractivity contribution in [3.8, 4) is 0 Å². The fraction of sp³-hybridized carbons (Fsp3) is 0.526. The first-order valence-corrected chi connectivity index (χ1v) is 8.74. The molecular formula is C19H29N3O5. The van der Waals surface area contributed by atoms with E-state index < -0.39 is 23.7 Å². The molecule has 0 fully saturated rings. The van der Waals surface area contributed by atoms with Gasteiger partial charge in [-0.25, -0.2) is 14.4 Å². The monoisotopic (exact) mass is 379 g/mol. The second-order valence-corrected chi connectivity index (χ2v) is 7.02. The summed E-state index contributed by atoms with van der Waals surface area (Å²) in [6, 6.07) is 5.88. The minimum absolute atomic E-state index is 0.216. The van der Waals surface area contributed by atoms with Gasteiger partial charge >= 0.3 is 18.1 Å². The number of urea groups is 1. The summed E-state index contributed by atoms with van der Waals surface area (Å²) < 4.78 is 10.2. The Morgan fingerprint density at radius 1 is 1.22 bits per heavy atom. The van der Waals surface area contributed by atoms with Crippen LogP contribution in [0.5, 0.6) is 0 Å². The van der Waals surface area contributed by atoms with Gasteiger partial charge in [0, 0.05) is 25.7 Å². The molecule has 0 saturated carbocycles. The fourth-order valence-corrected chi connectivity index (χ4v) is 2.31. The molecular weight excluding hydrogens is 350 g/mol. The van der Waals surface area contributed by atoms with Gasteiger partial charge in [-0.15, -0.1) is 0 Å². The number of hydrogen-bond acceptors (Lipinski definition) is 5. The quantitative estimate of drug-likeness (QED) is 0.741. The molecule has 0 bridgehead atoms. The van der Waals surface area contributed by atoms with Crippen LogP contribution < -0.4 is 10.6 Å². The maximum atomic E-state index is 12.3. The lowest BCUT2D eigenvalue weighted by molar-refractivity contribution is -0.146. The predicted molar refractivity (Wildman–Crippen MR) is 103 cm³/mol. The number of nitrogens with zero attached hydrogens (tertiary/aromatic N) is 1. The molecule has 1 atom stereocenters. The van der Waals surface area contributed by atoms with Crippen molar-refractivity contribution in [1.29, 1.82) is 0 Å². The third-order valence-corrected chi connectivity index (χ3v) is 3.57. The van der Waals surface area contributed by atoms with E-state index in [1.165, 1.54) is 19.1 Å². The normalized spacial score (nSPS) is 11.9. The van der Waals surface area contributed by atoms with E-state index in [0.717, 1.165) is 5.56 Å². The molecule has 3 amide bonds. The molecule has 0 radical (unpaired) electrons. The van der Waals surface area contributed by atoms with Gasteiger partial charge in [0.05, 0.1) is 7.11 Å². The van der Waals surface area contributed by atoms with Crippen molar-refractivity contribution in [2.24, 2.45) is 0 Å². The molecule has 0 unspecified atom stereocenters. The molecule has 2 N–H and O–H groups in total. The number of rotatable bonds is 6. The lowest BCUT2D eigenvalue weighted by Crippen LogP contribution is -2.46. The number of benzene rings is 1. The first-order chi connectivity index (χ1) is 12.6. The summed E-state index contributed by atoms with van der Waals surface area (Å²) in [6.45, 7) is 7.59. The zero-order valence-corrected chi connectivity index (χ0v) is 16.8. The van der Waals surface area contributed by atoms with E-state index in [-0.39, 0.29) is 12.5 Å². The molecule has 0 aliphatic rings. The zero-order valence-electron chi connectivity index (χ0n) is 16.8. The van der Waals surface area contributed by atoms with Crippen LogP contribution in [0.3, 0.4) is 0 Å². The number of methoxy groups -OCH3 is 1. The Bertz CT molecular complexity index is 670. The lowest BCUT2D eigenvalue weighted by atomic mass is 10.0. The summed E-state index contributed by atoms with van der Waals surface area (Å²) in [6.07, 6.45) is -0.401. The summed E-state index contributed by atoms with van der Waals surface area (Å²) in [7, 11) is 2.76. The molecule has 1 rings (SSSR count). The number of carbonyl (C=O) groups is 3. The van der Waals surface area contributed by atoms with Gasteiger partial charge in [-0.05, 0) is 45.4 Å². The number of nitrogens with one attached hydrogen (secondary N) is 2. The van der Waals surface area contributed by atoms with Crippen molar-refractivity contribution in [2.45, 2.75) is 45.8 Å². The highest BCUT2D eigenvalue weighted by Crippen LogP contribution is 2.17. The van der Waals surface area contributed by atoms with Crippen LogP contribution in [0.15, 0.2) is 24.3 Å². The van der Waals surface area contributed by atoms with Gasteiger partial charge in [0.2, 0.25) is 0 Å². The maximum absolute atomic E-state index is 12.3. The minimum atomic E-state index is -0.857. The Balaban J connectivity index is 2.95. The second kappa shape index (κ2) is 9.80. The first-order valence-electron chi connectivity index (χ1n) is 8.74. The van der Waals surface area contributed by atoms with Crippen LogP contribution in [0, 0.1) is 0 Å². The third-order valence-electron chi connectivity index (χ3n) is 3.57. The van der Waals surface area contributed by atoms with E-state index in [1.807, 2.05) is 13.0 Å². The summed E-state index contributed by atoms with van der Waals surface area (Å²) in [5, 5.41) is 5.35. The van der Waals surface area contributed by atoms with Crippen molar-refractivity contribution >= 4 is 23.8 Å². The van der Waals surface area contributed by atoms with Gasteiger partial charge in [-0.1, -0.05) is 12.1 Å². The molecule has 0 aliphatic carbocycles. The number of anilines is 1. The van der Waals surface area contributed by atoms with E-state index >= 15 is 0 Å². The van der Waals surface area contributed by atoms with Crippen molar-refractivity contribution in [3.05, 3.63) is 29.8 Å². The van der Waals surface area contributed by atoms with Gasteiger partial charge < -0.3 is 20.1 Å². The van der Waals surface area contributed by atoms with Crippen molar-refractivity contribution in [1.82, 2.24) is 10.2 Å². The maximum Gasteiger partial charge on any atom is 0.410 e. The smallest absolute Gasteiger partial charge is 0.410 e. The topological polar surface area (TPSA) is 97.0 Å². The summed E-state index contributed by atoms with van der Waals surface area (Å²) in [4.78, 5) is 37.4. The highest BCUT2D eigenvalue weighted by molar-refractivity contribution is 5.89. The Hall–Kier alpha value is -2.77. The highest BCUT2D eigenvalue weighted by atomic mass is 16.6. The van der Waals surface area contributed by atoms with Crippen molar-refractivity contribution < 1.29 is 23.9 Å². The van der Waals surface area contributed by atoms with Crippen LogP contribution in [0.1, 0.15) is 33.3 Å². The van der Waals surface area contributed by atoms with Gasteiger partial charge in [0.25, 0.3) is 0 Å². The zero-order chi connectivity index (χ0) is 20.6. The fourth-order valence-electron chi connectivity index (χ4n) is 2.31. The number of hydrogen-bond donors (Lipinski definition) is 2. The molecule has 27 heavy (non-hydrogen) atoms. The van der Waals surface area contributed by atoms with Gasteiger partial charge in [0.1, 0.15) is 11.6 Å². The molecule has 0 spiro atoms. The molecule has 8 heteroatoms.